The van der Waals surface area contributed by atoms with E-state index in [0.29, 0.717) is 18.7 Å². The second-order valence-electron chi connectivity index (χ2n) is 8.25. The summed E-state index contributed by atoms with van der Waals surface area (Å²) in [7, 11) is 0. The Morgan fingerprint density at radius 3 is 2.45 bits per heavy atom. The van der Waals surface area contributed by atoms with Crippen molar-refractivity contribution in [1.29, 1.82) is 0 Å². The highest BCUT2D eigenvalue weighted by Gasteiger charge is 2.15. The summed E-state index contributed by atoms with van der Waals surface area (Å²) < 4.78 is 0. The van der Waals surface area contributed by atoms with Crippen LogP contribution in [0.1, 0.15) is 29.8 Å². The van der Waals surface area contributed by atoms with E-state index in [0.717, 1.165) is 46.0 Å². The number of fused-ring (bicyclic) bond motifs is 3. The molecule has 0 radical (unpaired) electrons. The SMILES string of the molecule is CCN(CC)C(=O)c1ccc2c(NCCc3c[nH]c4ccccc34)c3ccccc3nc2c1. The highest BCUT2D eigenvalue weighted by atomic mass is 16.2. The Kier molecular flexibility index (Phi) is 5.69. The lowest BCUT2D eigenvalue weighted by molar-refractivity contribution is 0.0773. The Morgan fingerprint density at radius 1 is 0.909 bits per heavy atom. The van der Waals surface area contributed by atoms with Crippen LogP contribution in [0.4, 0.5) is 5.69 Å². The lowest BCUT2D eigenvalue weighted by Crippen LogP contribution is -2.30. The number of aromatic amines is 1. The van der Waals surface area contributed by atoms with Crippen molar-refractivity contribution in [3.8, 4) is 0 Å². The Morgan fingerprint density at radius 2 is 1.64 bits per heavy atom. The minimum absolute atomic E-state index is 0.0469. The monoisotopic (exact) mass is 436 g/mol. The number of hydrogen-bond donors (Lipinski definition) is 2. The van der Waals surface area contributed by atoms with Gasteiger partial charge in [0.05, 0.1) is 16.7 Å². The second kappa shape index (κ2) is 8.94. The number of carbonyl (C=O) groups is 1. The normalized spacial score (nSPS) is 11.3. The molecular formula is C28H28N4O. The molecule has 0 aliphatic rings. The van der Waals surface area contributed by atoms with Crippen LogP contribution in [0.15, 0.2) is 72.9 Å². The van der Waals surface area contributed by atoms with Gasteiger partial charge in [-0.1, -0.05) is 36.4 Å². The third-order valence-corrected chi connectivity index (χ3v) is 6.35. The number of carbonyl (C=O) groups excluding carboxylic acids is 1. The first-order valence-electron chi connectivity index (χ1n) is 11.6. The molecule has 0 spiro atoms. The van der Waals surface area contributed by atoms with E-state index < -0.39 is 0 Å². The molecule has 0 saturated carbocycles. The molecule has 1 amide bonds. The Labute approximate surface area is 193 Å². The van der Waals surface area contributed by atoms with E-state index in [1.165, 1.54) is 10.9 Å². The van der Waals surface area contributed by atoms with E-state index in [1.807, 2.05) is 55.1 Å². The molecule has 5 heteroatoms. The lowest BCUT2D eigenvalue weighted by Gasteiger charge is -2.19. The maximum absolute atomic E-state index is 12.9. The number of nitrogens with zero attached hydrogens (tertiary/aromatic N) is 2. The zero-order chi connectivity index (χ0) is 22.8. The molecule has 33 heavy (non-hydrogen) atoms. The molecule has 166 valence electrons. The van der Waals surface area contributed by atoms with Crippen molar-refractivity contribution in [3.05, 3.63) is 84.1 Å². The van der Waals surface area contributed by atoms with Gasteiger partial charge in [-0.3, -0.25) is 4.79 Å². The summed E-state index contributed by atoms with van der Waals surface area (Å²) in [5.41, 5.74) is 5.97. The van der Waals surface area contributed by atoms with Gasteiger partial charge in [-0.15, -0.1) is 0 Å². The summed E-state index contributed by atoms with van der Waals surface area (Å²) in [4.78, 5) is 23.0. The largest absolute Gasteiger partial charge is 0.384 e. The molecule has 5 rings (SSSR count). The average molecular weight is 437 g/mol. The topological polar surface area (TPSA) is 61.0 Å². The Bertz CT molecular complexity index is 1450. The first-order valence-corrected chi connectivity index (χ1v) is 11.6. The van der Waals surface area contributed by atoms with Crippen LogP contribution < -0.4 is 5.32 Å². The van der Waals surface area contributed by atoms with Crippen molar-refractivity contribution >= 4 is 44.3 Å². The number of aromatic nitrogens is 2. The zero-order valence-corrected chi connectivity index (χ0v) is 19.1. The zero-order valence-electron chi connectivity index (χ0n) is 19.1. The van der Waals surface area contributed by atoms with Gasteiger partial charge in [-0.25, -0.2) is 4.98 Å². The van der Waals surface area contributed by atoms with E-state index in [9.17, 15) is 4.79 Å². The average Bonchev–Trinajstić information content (AvgIpc) is 3.27. The number of para-hydroxylation sites is 2. The van der Waals surface area contributed by atoms with Crippen LogP contribution >= 0.6 is 0 Å². The highest BCUT2D eigenvalue weighted by molar-refractivity contribution is 6.09. The standard InChI is InChI=1S/C28H28N4O/c1-3-32(4-2)28(33)19-13-14-23-26(17-19)31-25-12-8-6-10-22(25)27(23)29-16-15-20-18-30-24-11-7-5-9-21(20)24/h5-14,17-18,30H,3-4,15-16H2,1-2H3,(H,29,31). The molecular weight excluding hydrogens is 408 g/mol. The van der Waals surface area contributed by atoms with Crippen molar-refractivity contribution in [3.63, 3.8) is 0 Å². The molecule has 0 aliphatic heterocycles. The third-order valence-electron chi connectivity index (χ3n) is 6.35. The van der Waals surface area contributed by atoms with Gasteiger partial charge in [0.25, 0.3) is 5.91 Å². The number of nitrogens with one attached hydrogen (secondary N) is 2. The van der Waals surface area contributed by atoms with Gasteiger partial charge in [0.15, 0.2) is 0 Å². The van der Waals surface area contributed by atoms with Gasteiger partial charge < -0.3 is 15.2 Å². The highest BCUT2D eigenvalue weighted by Crippen LogP contribution is 2.31. The number of benzene rings is 3. The summed E-state index contributed by atoms with van der Waals surface area (Å²) in [6.07, 6.45) is 3.00. The van der Waals surface area contributed by atoms with Crippen molar-refractivity contribution < 1.29 is 4.79 Å². The van der Waals surface area contributed by atoms with Crippen LogP contribution in [-0.4, -0.2) is 40.4 Å². The van der Waals surface area contributed by atoms with Crippen LogP contribution in [0.3, 0.4) is 0 Å². The second-order valence-corrected chi connectivity index (χ2v) is 8.25. The number of amides is 1. The molecule has 5 aromatic rings. The van der Waals surface area contributed by atoms with Gasteiger partial charge in [0, 0.05) is 53.1 Å². The lowest BCUT2D eigenvalue weighted by atomic mass is 10.0. The van der Waals surface area contributed by atoms with Crippen LogP contribution in [-0.2, 0) is 6.42 Å². The molecule has 2 N–H and O–H groups in total. The molecule has 0 aliphatic carbocycles. The molecule has 0 saturated heterocycles. The number of hydrogen-bond acceptors (Lipinski definition) is 3. The predicted octanol–water partition coefficient (Wildman–Crippen LogP) is 6.01. The minimum Gasteiger partial charge on any atom is -0.384 e. The fourth-order valence-corrected chi connectivity index (χ4v) is 4.57. The predicted molar refractivity (Wildman–Crippen MR) is 137 cm³/mol. The van der Waals surface area contributed by atoms with E-state index in [2.05, 4.69) is 46.8 Å². The molecule has 3 aromatic carbocycles. The molecule has 0 fully saturated rings. The quantitative estimate of drug-likeness (QED) is 0.307. The van der Waals surface area contributed by atoms with Crippen LogP contribution in [0, 0.1) is 0 Å². The van der Waals surface area contributed by atoms with Gasteiger partial charge in [-0.05, 0) is 56.2 Å². The molecule has 0 atom stereocenters. The van der Waals surface area contributed by atoms with Gasteiger partial charge in [-0.2, -0.15) is 0 Å². The van der Waals surface area contributed by atoms with E-state index in [-0.39, 0.29) is 5.91 Å². The van der Waals surface area contributed by atoms with Gasteiger partial charge in [0.1, 0.15) is 0 Å². The third kappa shape index (κ3) is 3.91. The molecule has 0 bridgehead atoms. The summed E-state index contributed by atoms with van der Waals surface area (Å²) >= 11 is 0. The first-order chi connectivity index (χ1) is 16.2. The summed E-state index contributed by atoms with van der Waals surface area (Å²) in [5, 5.41) is 7.07. The summed E-state index contributed by atoms with van der Waals surface area (Å²) in [6, 6.07) is 22.4. The first kappa shape index (κ1) is 21.0. The Balaban J connectivity index is 1.50. The fraction of sp³-hybridized carbons (Fsp3) is 0.214. The molecule has 0 unspecified atom stereocenters. The van der Waals surface area contributed by atoms with Crippen molar-refractivity contribution in [2.45, 2.75) is 20.3 Å². The van der Waals surface area contributed by atoms with Crippen LogP contribution in [0.2, 0.25) is 0 Å². The Hall–Kier alpha value is -3.86. The van der Waals surface area contributed by atoms with Gasteiger partial charge in [0.2, 0.25) is 0 Å². The summed E-state index contributed by atoms with van der Waals surface area (Å²) in [5.74, 6) is 0.0469. The van der Waals surface area contributed by atoms with Crippen molar-refractivity contribution in [1.82, 2.24) is 14.9 Å². The smallest absolute Gasteiger partial charge is 0.253 e. The molecule has 2 aromatic heterocycles. The van der Waals surface area contributed by atoms with Crippen molar-refractivity contribution in [2.75, 3.05) is 25.0 Å². The van der Waals surface area contributed by atoms with E-state index in [1.54, 1.807) is 0 Å². The molecule has 2 heterocycles. The number of rotatable bonds is 7. The number of anilines is 1. The molecule has 5 nitrogen and oxygen atoms in total. The maximum atomic E-state index is 12.9. The van der Waals surface area contributed by atoms with Gasteiger partial charge >= 0.3 is 0 Å². The van der Waals surface area contributed by atoms with E-state index >= 15 is 0 Å². The number of pyridine rings is 1. The fourth-order valence-electron chi connectivity index (χ4n) is 4.57. The minimum atomic E-state index is 0.0469. The van der Waals surface area contributed by atoms with E-state index in [4.69, 9.17) is 4.98 Å². The maximum Gasteiger partial charge on any atom is 0.253 e. The van der Waals surface area contributed by atoms with Crippen LogP contribution in [0.25, 0.3) is 32.7 Å². The summed E-state index contributed by atoms with van der Waals surface area (Å²) in [6.45, 7) is 6.19. The number of H-pyrrole nitrogens is 1. The van der Waals surface area contributed by atoms with Crippen molar-refractivity contribution in [2.24, 2.45) is 0 Å². The van der Waals surface area contributed by atoms with Crippen LogP contribution in [0.5, 0.6) is 0 Å².